The molecule has 2 aliphatic heterocycles. The second-order valence-corrected chi connectivity index (χ2v) is 6.03. The van der Waals surface area contributed by atoms with Gasteiger partial charge in [-0.25, -0.2) is 0 Å². The van der Waals surface area contributed by atoms with Crippen LogP contribution in [0.25, 0.3) is 0 Å². The summed E-state index contributed by atoms with van der Waals surface area (Å²) in [7, 11) is 0. The van der Waals surface area contributed by atoms with Crippen molar-refractivity contribution >= 4 is 0 Å². The second-order valence-electron chi connectivity index (χ2n) is 6.03. The fourth-order valence-corrected chi connectivity index (χ4v) is 2.80. The van der Waals surface area contributed by atoms with Crippen LogP contribution < -0.4 is 0 Å². The van der Waals surface area contributed by atoms with Gasteiger partial charge in [-0.15, -0.1) is 10.1 Å². The number of ether oxygens (including phenoxy) is 3. The van der Waals surface area contributed by atoms with Gasteiger partial charge >= 0.3 is 0 Å². The summed E-state index contributed by atoms with van der Waals surface area (Å²) in [5.41, 5.74) is 0. The molecule has 2 fully saturated rings. The van der Waals surface area contributed by atoms with Gasteiger partial charge < -0.3 is 55.1 Å². The van der Waals surface area contributed by atoms with Crippen LogP contribution in [0.4, 0.5) is 0 Å². The SMILES string of the molecule is O=[N+]([O-])O[C@@]1(CO)O[C@H](O[C@H]2[C@H](O)[C@@H](O)[C@H](O)O[C@@H]2CO)[C@H](O)[C@H](O)[C@H]1O. The zero-order valence-corrected chi connectivity index (χ0v) is 13.6. The molecule has 0 spiro atoms. The molecule has 0 aliphatic carbocycles. The quantitative estimate of drug-likeness (QED) is 0.152. The van der Waals surface area contributed by atoms with E-state index in [1.807, 2.05) is 0 Å². The lowest BCUT2D eigenvalue weighted by molar-refractivity contribution is -0.805. The third-order valence-electron chi connectivity index (χ3n) is 4.30. The van der Waals surface area contributed by atoms with Crippen molar-refractivity contribution in [3.63, 3.8) is 0 Å². The van der Waals surface area contributed by atoms with Gasteiger partial charge in [-0.2, -0.15) is 0 Å². The lowest BCUT2D eigenvalue weighted by Crippen LogP contribution is -2.69. The van der Waals surface area contributed by atoms with Crippen LogP contribution >= 0.6 is 0 Å². The molecule has 27 heavy (non-hydrogen) atoms. The molecular weight excluding hydrogens is 382 g/mol. The van der Waals surface area contributed by atoms with Gasteiger partial charge in [0.2, 0.25) is 0 Å². The van der Waals surface area contributed by atoms with Gasteiger partial charge in [-0.05, 0) is 0 Å². The lowest BCUT2D eigenvalue weighted by Gasteiger charge is -2.48. The molecule has 2 saturated heterocycles. The summed E-state index contributed by atoms with van der Waals surface area (Å²) >= 11 is 0. The van der Waals surface area contributed by atoms with Crippen molar-refractivity contribution in [2.45, 2.75) is 61.1 Å². The molecule has 8 N–H and O–H groups in total. The van der Waals surface area contributed by atoms with E-state index in [1.54, 1.807) is 0 Å². The first-order valence-corrected chi connectivity index (χ1v) is 7.70. The van der Waals surface area contributed by atoms with Gasteiger partial charge in [0.05, 0.1) is 13.2 Å². The molecule has 0 aromatic heterocycles. The molecule has 0 saturated carbocycles. The Kier molecular flexibility index (Phi) is 6.87. The largest absolute Gasteiger partial charge is 0.394 e. The maximum absolute atomic E-state index is 10.6. The van der Waals surface area contributed by atoms with Crippen molar-refractivity contribution in [1.82, 2.24) is 0 Å². The highest BCUT2D eigenvalue weighted by Crippen LogP contribution is 2.34. The van der Waals surface area contributed by atoms with Crippen molar-refractivity contribution in [3.8, 4) is 0 Å². The summed E-state index contributed by atoms with van der Waals surface area (Å²) < 4.78 is 15.0. The van der Waals surface area contributed by atoms with Crippen LogP contribution in [0.15, 0.2) is 0 Å². The third kappa shape index (κ3) is 4.13. The Morgan fingerprint density at radius 3 is 2.15 bits per heavy atom. The number of hydrogen-bond acceptors (Lipinski definition) is 14. The molecule has 2 aliphatic rings. The van der Waals surface area contributed by atoms with Crippen molar-refractivity contribution in [3.05, 3.63) is 10.1 Å². The Morgan fingerprint density at radius 2 is 1.63 bits per heavy atom. The summed E-state index contributed by atoms with van der Waals surface area (Å²) in [6.07, 6.45) is -17.2. The van der Waals surface area contributed by atoms with Crippen LogP contribution in [0.3, 0.4) is 0 Å². The molecule has 0 aromatic carbocycles. The predicted octanol–water partition coefficient (Wildman–Crippen LogP) is -5.86. The summed E-state index contributed by atoms with van der Waals surface area (Å²) in [5, 5.41) is 86.8. The van der Waals surface area contributed by atoms with E-state index in [0.717, 1.165) is 0 Å². The van der Waals surface area contributed by atoms with Gasteiger partial charge in [-0.3, -0.25) is 4.84 Å². The summed E-state index contributed by atoms with van der Waals surface area (Å²) in [6, 6.07) is 0. The van der Waals surface area contributed by atoms with Crippen molar-refractivity contribution < 1.29 is 65.0 Å². The average Bonchev–Trinajstić information content (AvgIpc) is 2.63. The Morgan fingerprint density at radius 1 is 1.00 bits per heavy atom. The Labute approximate surface area is 150 Å². The van der Waals surface area contributed by atoms with E-state index >= 15 is 0 Å². The fourth-order valence-electron chi connectivity index (χ4n) is 2.80. The molecule has 158 valence electrons. The average molecular weight is 403 g/mol. The molecule has 0 bridgehead atoms. The zero-order chi connectivity index (χ0) is 20.5. The molecule has 10 atom stereocenters. The monoisotopic (exact) mass is 403 g/mol. The molecule has 15 heteroatoms. The number of aliphatic hydroxyl groups excluding tert-OH is 8. The van der Waals surface area contributed by atoms with Crippen LogP contribution in [0, 0.1) is 10.1 Å². The number of hydrogen-bond donors (Lipinski definition) is 8. The maximum Gasteiger partial charge on any atom is 0.297 e. The Hall–Kier alpha value is -1.24. The molecule has 0 unspecified atom stereocenters. The minimum atomic E-state index is -2.83. The summed E-state index contributed by atoms with van der Waals surface area (Å²) in [6.45, 7) is -2.16. The highest BCUT2D eigenvalue weighted by atomic mass is 17.0. The number of nitrogens with zero attached hydrogens (tertiary/aromatic N) is 1. The van der Waals surface area contributed by atoms with Crippen LogP contribution in [-0.2, 0) is 19.0 Å². The second kappa shape index (κ2) is 8.41. The fraction of sp³-hybridized carbons (Fsp3) is 1.00. The molecular formula is C12H21NO14. The zero-order valence-electron chi connectivity index (χ0n) is 13.6. The van der Waals surface area contributed by atoms with Gasteiger partial charge in [-0.1, -0.05) is 0 Å². The summed E-state index contributed by atoms with van der Waals surface area (Å²) in [4.78, 5) is 14.7. The van der Waals surface area contributed by atoms with E-state index in [-0.39, 0.29) is 0 Å². The van der Waals surface area contributed by atoms with Crippen LogP contribution in [0.1, 0.15) is 0 Å². The molecule has 2 heterocycles. The first kappa shape index (κ1) is 22.1. The number of aliphatic hydroxyl groups is 8. The van der Waals surface area contributed by atoms with Crippen molar-refractivity contribution in [2.75, 3.05) is 13.2 Å². The first-order valence-electron chi connectivity index (χ1n) is 7.70. The van der Waals surface area contributed by atoms with Gasteiger partial charge in [0.1, 0.15) is 42.7 Å². The molecule has 0 radical (unpaired) electrons. The summed E-state index contributed by atoms with van der Waals surface area (Å²) in [5.74, 6) is -2.83. The minimum absolute atomic E-state index is 0.823. The van der Waals surface area contributed by atoms with Gasteiger partial charge in [0.25, 0.3) is 10.9 Å². The normalized spacial score (nSPS) is 48.2. The number of rotatable bonds is 6. The standard InChI is InChI=1S/C12H21NO14/c14-1-3-8(4(16)6(18)10(21)24-3)25-11-7(19)5(17)9(20)12(2-15,26-11)27-13(22)23/h3-11,14-21H,1-2H2/t3-,4-,5+,6-,7-,8-,9-,10-,11+,12-/m1/s1. The van der Waals surface area contributed by atoms with E-state index in [2.05, 4.69) is 4.84 Å². The van der Waals surface area contributed by atoms with Crippen LogP contribution in [-0.4, -0.2) is 120 Å². The van der Waals surface area contributed by atoms with E-state index in [0.29, 0.717) is 0 Å². The van der Waals surface area contributed by atoms with Crippen LogP contribution in [0.2, 0.25) is 0 Å². The molecule has 2 rings (SSSR count). The maximum atomic E-state index is 10.6. The highest BCUT2D eigenvalue weighted by Gasteiger charge is 2.58. The van der Waals surface area contributed by atoms with Crippen LogP contribution in [0.5, 0.6) is 0 Å². The molecule has 0 amide bonds. The highest BCUT2D eigenvalue weighted by molar-refractivity contribution is 4.96. The van der Waals surface area contributed by atoms with E-state index in [9.17, 15) is 51.0 Å². The Balaban J connectivity index is 2.26. The Bertz CT molecular complexity index is 520. The molecule has 0 aromatic rings. The predicted molar refractivity (Wildman–Crippen MR) is 75.6 cm³/mol. The van der Waals surface area contributed by atoms with Gasteiger partial charge in [0, 0.05) is 0 Å². The minimum Gasteiger partial charge on any atom is -0.394 e. The van der Waals surface area contributed by atoms with E-state index < -0.39 is 79.4 Å². The molecule has 15 nitrogen and oxygen atoms in total. The van der Waals surface area contributed by atoms with E-state index in [1.165, 1.54) is 0 Å². The van der Waals surface area contributed by atoms with Crippen molar-refractivity contribution in [2.24, 2.45) is 0 Å². The first-order chi connectivity index (χ1) is 12.6. The lowest BCUT2D eigenvalue weighted by atomic mass is 9.95. The van der Waals surface area contributed by atoms with Crippen molar-refractivity contribution in [1.29, 1.82) is 0 Å². The third-order valence-corrected chi connectivity index (χ3v) is 4.30. The van der Waals surface area contributed by atoms with Gasteiger partial charge in [0.15, 0.2) is 12.6 Å². The topological polar surface area (TPSA) is 242 Å². The van der Waals surface area contributed by atoms with E-state index in [4.69, 9.17) is 14.2 Å². The smallest absolute Gasteiger partial charge is 0.297 e.